The smallest absolute Gasteiger partial charge is 0.0637 e. The van der Waals surface area contributed by atoms with Gasteiger partial charge in [0.15, 0.2) is 0 Å². The van der Waals surface area contributed by atoms with Gasteiger partial charge in [-0.3, -0.25) is 0 Å². The van der Waals surface area contributed by atoms with Crippen LogP contribution in [0, 0.1) is 46.3 Å². The first kappa shape index (κ1) is 40.5. The average Bonchev–Trinajstić information content (AvgIpc) is 3.44. The first-order valence-electron chi connectivity index (χ1n) is 21.0. The zero-order valence-corrected chi connectivity index (χ0v) is 32.0. The van der Waals surface area contributed by atoms with Crippen molar-refractivity contribution < 1.29 is 14.2 Å². The van der Waals surface area contributed by atoms with E-state index >= 15 is 0 Å². The van der Waals surface area contributed by atoms with E-state index in [1.807, 2.05) is 0 Å². The molecule has 7 nitrogen and oxygen atoms in total. The molecule has 4 saturated carbocycles. The van der Waals surface area contributed by atoms with Crippen LogP contribution in [-0.2, 0) is 14.2 Å². The van der Waals surface area contributed by atoms with Crippen molar-refractivity contribution in [2.45, 2.75) is 162 Å². The van der Waals surface area contributed by atoms with Crippen LogP contribution in [0.1, 0.15) is 143 Å². The van der Waals surface area contributed by atoms with Crippen LogP contribution in [0.15, 0.2) is 0 Å². The van der Waals surface area contributed by atoms with Gasteiger partial charge in [-0.25, -0.2) is 0 Å². The fraction of sp³-hybridized carbons (Fsp3) is 1.00. The van der Waals surface area contributed by atoms with Gasteiger partial charge in [0.2, 0.25) is 0 Å². The summed E-state index contributed by atoms with van der Waals surface area (Å²) in [5.41, 5.74) is 18.3. The third-order valence-electron chi connectivity index (χ3n) is 14.2. The van der Waals surface area contributed by atoms with Crippen LogP contribution >= 0.6 is 0 Å². The second-order valence-corrected chi connectivity index (χ2v) is 17.1. The minimum Gasteiger partial charge on any atom is -0.378 e. The van der Waals surface area contributed by atoms with Crippen LogP contribution < -0.4 is 22.5 Å². The molecule has 0 spiro atoms. The fourth-order valence-electron chi connectivity index (χ4n) is 11.5. The van der Waals surface area contributed by atoms with Gasteiger partial charge in [-0.1, -0.05) is 59.8 Å². The zero-order chi connectivity index (χ0) is 34.4. The number of unbranched alkanes of at least 4 members (excludes halogenated alkanes) is 5. The van der Waals surface area contributed by atoms with Crippen LogP contribution in [0.3, 0.4) is 0 Å². The van der Waals surface area contributed by atoms with E-state index in [0.717, 1.165) is 52.0 Å². The number of fused-ring (bicyclic) bond motifs is 5. The topological polar surface area (TPSA) is 118 Å². The summed E-state index contributed by atoms with van der Waals surface area (Å²) in [6.07, 6.45) is 23.2. The molecule has 4 aliphatic rings. The van der Waals surface area contributed by atoms with Crippen molar-refractivity contribution in [1.29, 1.82) is 0 Å². The molecule has 4 aliphatic carbocycles. The van der Waals surface area contributed by atoms with E-state index in [1.54, 1.807) is 0 Å². The molecule has 11 atom stereocenters. The number of nitrogens with one attached hydrogen (secondary N) is 1. The maximum Gasteiger partial charge on any atom is 0.0637 e. The van der Waals surface area contributed by atoms with Crippen LogP contribution in [0.2, 0.25) is 0 Å². The quantitative estimate of drug-likeness (QED) is 0.0786. The number of rotatable bonds is 24. The van der Waals surface area contributed by atoms with Crippen LogP contribution in [0.25, 0.3) is 0 Å². The number of hydrogen-bond acceptors (Lipinski definition) is 7. The van der Waals surface area contributed by atoms with Crippen LogP contribution in [-0.4, -0.2) is 70.9 Å². The summed E-state index contributed by atoms with van der Waals surface area (Å²) in [7, 11) is 0. The summed E-state index contributed by atoms with van der Waals surface area (Å²) < 4.78 is 20.4. The molecular weight excluding hydrogens is 596 g/mol. The van der Waals surface area contributed by atoms with Crippen LogP contribution in [0.5, 0.6) is 0 Å². The van der Waals surface area contributed by atoms with Gasteiger partial charge in [0, 0.05) is 25.2 Å². The lowest BCUT2D eigenvalue weighted by Gasteiger charge is -2.65. The summed E-state index contributed by atoms with van der Waals surface area (Å²) >= 11 is 0. The van der Waals surface area contributed by atoms with Gasteiger partial charge in [0.25, 0.3) is 0 Å². The lowest BCUT2D eigenvalue weighted by Crippen LogP contribution is -2.63. The summed E-state index contributed by atoms with van der Waals surface area (Å²) in [4.78, 5) is 0. The Morgan fingerprint density at radius 3 is 2.10 bits per heavy atom. The molecule has 4 fully saturated rings. The first-order chi connectivity index (χ1) is 23.3. The minimum atomic E-state index is 0.183. The van der Waals surface area contributed by atoms with E-state index in [-0.39, 0.29) is 5.41 Å². The van der Waals surface area contributed by atoms with E-state index in [0.29, 0.717) is 78.9 Å². The highest BCUT2D eigenvalue weighted by Crippen LogP contribution is 2.69. The summed E-state index contributed by atoms with van der Waals surface area (Å²) in [5.74, 6) is 3.92. The van der Waals surface area contributed by atoms with E-state index < -0.39 is 0 Å². The Morgan fingerprint density at radius 1 is 0.708 bits per heavy atom. The third-order valence-corrected chi connectivity index (χ3v) is 14.2. The molecule has 7 heteroatoms. The predicted octanol–water partition coefficient (Wildman–Crippen LogP) is 7.43. The molecule has 0 radical (unpaired) electrons. The van der Waals surface area contributed by atoms with Gasteiger partial charge in [0.05, 0.1) is 18.3 Å². The molecule has 48 heavy (non-hydrogen) atoms. The monoisotopic (exact) mass is 677 g/mol. The molecule has 0 aromatic carbocycles. The molecule has 3 unspecified atom stereocenters. The number of hydrogen-bond donors (Lipinski definition) is 4. The van der Waals surface area contributed by atoms with Crippen molar-refractivity contribution in [2.24, 2.45) is 63.5 Å². The highest BCUT2D eigenvalue weighted by atomic mass is 16.5. The molecule has 7 N–H and O–H groups in total. The Bertz CT molecular complexity index is 879. The van der Waals surface area contributed by atoms with E-state index in [4.69, 9.17) is 31.4 Å². The van der Waals surface area contributed by atoms with Gasteiger partial charge in [-0.05, 0) is 157 Å². The maximum absolute atomic E-state index is 7.03. The normalized spacial score (nSPS) is 36.8. The molecule has 282 valence electrons. The van der Waals surface area contributed by atoms with Crippen molar-refractivity contribution in [3.8, 4) is 0 Å². The zero-order valence-electron chi connectivity index (χ0n) is 32.0. The molecule has 0 aromatic rings. The summed E-state index contributed by atoms with van der Waals surface area (Å²) in [6, 6.07) is 0. The minimum absolute atomic E-state index is 0.183. The van der Waals surface area contributed by atoms with Crippen molar-refractivity contribution in [1.82, 2.24) is 5.32 Å². The van der Waals surface area contributed by atoms with Gasteiger partial charge in [0.1, 0.15) is 0 Å². The summed E-state index contributed by atoms with van der Waals surface area (Å²) in [6.45, 7) is 17.0. The van der Waals surface area contributed by atoms with E-state index in [9.17, 15) is 0 Å². The van der Waals surface area contributed by atoms with Crippen molar-refractivity contribution in [3.63, 3.8) is 0 Å². The molecule has 0 aromatic heterocycles. The lowest BCUT2D eigenvalue weighted by atomic mass is 9.43. The fourth-order valence-corrected chi connectivity index (χ4v) is 11.5. The predicted molar refractivity (Wildman–Crippen MR) is 201 cm³/mol. The summed E-state index contributed by atoms with van der Waals surface area (Å²) in [5, 5.41) is 3.77. The maximum atomic E-state index is 7.03. The van der Waals surface area contributed by atoms with Gasteiger partial charge in [-0.15, -0.1) is 0 Å². The number of ether oxygens (including phenoxy) is 3. The van der Waals surface area contributed by atoms with Crippen molar-refractivity contribution in [2.75, 3.05) is 52.5 Å². The standard InChI is InChI=1S/C41H80N4O3/c1-5-6-7-8-9-10-23-45-24-11-15-31(2)34-16-17-35-39-36(30-38(41(34,35)4)48-27-14-22-44)40(3)19-18-33(46-25-12-20-42)28-32(40)29-37(39)47-26-13-21-43/h31-39,45H,5-30,42-44H2,1-4H3/t31-,32?,33-,34-,35?,36+,37-,38+,39?,40+,41-/m1/s1. The lowest BCUT2D eigenvalue weighted by molar-refractivity contribution is -0.227. The Morgan fingerprint density at radius 2 is 1.38 bits per heavy atom. The second kappa shape index (κ2) is 20.7. The average molecular weight is 677 g/mol. The Hall–Kier alpha value is -0.280. The first-order valence-corrected chi connectivity index (χ1v) is 21.0. The van der Waals surface area contributed by atoms with E-state index in [2.05, 4.69) is 33.0 Å². The molecule has 0 heterocycles. The Kier molecular flexibility index (Phi) is 17.4. The second-order valence-electron chi connectivity index (χ2n) is 17.1. The molecular formula is C41H80N4O3. The largest absolute Gasteiger partial charge is 0.378 e. The molecule has 0 amide bonds. The molecule has 0 saturated heterocycles. The Labute approximate surface area is 296 Å². The molecule has 4 rings (SSSR count). The highest BCUT2D eigenvalue weighted by molar-refractivity contribution is 5.15. The highest BCUT2D eigenvalue weighted by Gasteiger charge is 2.66. The Balaban J connectivity index is 1.46. The number of nitrogens with two attached hydrogens (primary N) is 3. The van der Waals surface area contributed by atoms with Gasteiger partial charge >= 0.3 is 0 Å². The third kappa shape index (κ3) is 9.98. The van der Waals surface area contributed by atoms with Crippen molar-refractivity contribution in [3.05, 3.63) is 0 Å². The van der Waals surface area contributed by atoms with Crippen molar-refractivity contribution >= 4 is 0 Å². The molecule has 0 aliphatic heterocycles. The van der Waals surface area contributed by atoms with E-state index in [1.165, 1.54) is 96.4 Å². The van der Waals surface area contributed by atoms with Gasteiger partial charge in [-0.2, -0.15) is 0 Å². The van der Waals surface area contributed by atoms with Gasteiger partial charge < -0.3 is 36.7 Å². The SMILES string of the molecule is CCCCCCCCNCCC[C@@H](C)[C@H]1CCC2C3[C@H](OCCCN)CC4C[C@H](OCCCN)CC[C@]4(C)[C@H]3C[C@H](OCCCN)[C@@]21C. The molecule has 0 bridgehead atoms. The van der Waals surface area contributed by atoms with Crippen LogP contribution in [0.4, 0.5) is 0 Å².